The SMILES string of the molecule is CNC(=O)Nc1ccc(OCC2CCN(c3ccncc3)CC2)cc1. The molecule has 2 aromatic rings. The zero-order chi connectivity index (χ0) is 17.5. The van der Waals surface area contributed by atoms with Gasteiger partial charge in [-0.2, -0.15) is 0 Å². The predicted octanol–water partition coefficient (Wildman–Crippen LogP) is 3.13. The summed E-state index contributed by atoms with van der Waals surface area (Å²) in [4.78, 5) is 17.7. The first-order chi connectivity index (χ1) is 12.2. The van der Waals surface area contributed by atoms with Crippen molar-refractivity contribution in [2.75, 3.05) is 37.0 Å². The summed E-state index contributed by atoms with van der Waals surface area (Å²) in [5, 5.41) is 5.25. The van der Waals surface area contributed by atoms with Gasteiger partial charge < -0.3 is 20.3 Å². The van der Waals surface area contributed by atoms with Gasteiger partial charge in [0.1, 0.15) is 5.75 Å². The molecule has 0 atom stereocenters. The molecule has 2 amide bonds. The lowest BCUT2D eigenvalue weighted by molar-refractivity contribution is 0.223. The second-order valence-electron chi connectivity index (χ2n) is 6.18. The standard InChI is InChI=1S/C19H24N4O2/c1-20-19(24)22-16-2-4-18(5-3-16)25-14-15-8-12-23(13-9-15)17-6-10-21-11-7-17/h2-7,10-11,15H,8-9,12-14H2,1H3,(H2,20,22,24). The molecule has 0 spiro atoms. The Bertz CT molecular complexity index is 668. The Morgan fingerprint density at radius 2 is 1.84 bits per heavy atom. The number of rotatable bonds is 5. The summed E-state index contributed by atoms with van der Waals surface area (Å²) in [5.41, 5.74) is 1.99. The van der Waals surface area contributed by atoms with E-state index >= 15 is 0 Å². The van der Waals surface area contributed by atoms with Gasteiger partial charge in [-0.25, -0.2) is 4.79 Å². The van der Waals surface area contributed by atoms with Crippen molar-refractivity contribution in [2.45, 2.75) is 12.8 Å². The number of hydrogen-bond donors (Lipinski definition) is 2. The lowest BCUT2D eigenvalue weighted by Crippen LogP contribution is -2.35. The predicted molar refractivity (Wildman–Crippen MR) is 99.2 cm³/mol. The lowest BCUT2D eigenvalue weighted by atomic mass is 9.97. The van der Waals surface area contributed by atoms with E-state index < -0.39 is 0 Å². The summed E-state index contributed by atoms with van der Waals surface area (Å²) < 4.78 is 5.92. The van der Waals surface area contributed by atoms with Crippen LogP contribution in [0.15, 0.2) is 48.8 Å². The summed E-state index contributed by atoms with van der Waals surface area (Å²) in [6.07, 6.45) is 5.93. The van der Waals surface area contributed by atoms with Gasteiger partial charge in [-0.05, 0) is 55.2 Å². The van der Waals surface area contributed by atoms with Crippen LogP contribution in [0.4, 0.5) is 16.2 Å². The van der Waals surface area contributed by atoms with Crippen LogP contribution in [0.3, 0.4) is 0 Å². The Morgan fingerprint density at radius 3 is 2.48 bits per heavy atom. The summed E-state index contributed by atoms with van der Waals surface area (Å²) in [7, 11) is 1.59. The van der Waals surface area contributed by atoms with Crippen LogP contribution in [0.1, 0.15) is 12.8 Å². The molecule has 1 aliphatic heterocycles. The molecule has 1 aromatic heterocycles. The Labute approximate surface area is 148 Å². The Kier molecular flexibility index (Phi) is 5.72. The van der Waals surface area contributed by atoms with Gasteiger partial charge in [0.2, 0.25) is 0 Å². The zero-order valence-corrected chi connectivity index (χ0v) is 14.4. The van der Waals surface area contributed by atoms with Crippen molar-refractivity contribution in [3.63, 3.8) is 0 Å². The van der Waals surface area contributed by atoms with Crippen molar-refractivity contribution in [1.82, 2.24) is 10.3 Å². The third kappa shape index (κ3) is 4.86. The van der Waals surface area contributed by atoms with Crippen LogP contribution in [-0.4, -0.2) is 37.8 Å². The monoisotopic (exact) mass is 340 g/mol. The van der Waals surface area contributed by atoms with Crippen LogP contribution in [0, 0.1) is 5.92 Å². The van der Waals surface area contributed by atoms with Gasteiger partial charge in [-0.3, -0.25) is 4.98 Å². The fourth-order valence-corrected chi connectivity index (χ4v) is 2.95. The molecular formula is C19H24N4O2. The van der Waals surface area contributed by atoms with E-state index in [0.29, 0.717) is 5.92 Å². The largest absolute Gasteiger partial charge is 0.493 e. The highest BCUT2D eigenvalue weighted by Gasteiger charge is 2.20. The molecule has 6 nitrogen and oxygen atoms in total. The number of carbonyl (C=O) groups excluding carboxylic acids is 1. The number of pyridine rings is 1. The molecule has 0 saturated carbocycles. The maximum atomic E-state index is 11.3. The van der Waals surface area contributed by atoms with Gasteiger partial charge in [-0.1, -0.05) is 0 Å². The van der Waals surface area contributed by atoms with Crippen molar-refractivity contribution >= 4 is 17.4 Å². The molecule has 0 unspecified atom stereocenters. The number of urea groups is 1. The van der Waals surface area contributed by atoms with E-state index in [1.807, 2.05) is 36.7 Å². The quantitative estimate of drug-likeness (QED) is 0.878. The van der Waals surface area contributed by atoms with Gasteiger partial charge in [0.25, 0.3) is 0 Å². The number of aromatic nitrogens is 1. The molecule has 2 N–H and O–H groups in total. The Hall–Kier alpha value is -2.76. The highest BCUT2D eigenvalue weighted by Crippen LogP contribution is 2.24. The minimum Gasteiger partial charge on any atom is -0.493 e. The number of carbonyl (C=O) groups is 1. The van der Waals surface area contributed by atoms with Gasteiger partial charge >= 0.3 is 6.03 Å². The molecule has 1 aromatic carbocycles. The molecule has 132 valence electrons. The second-order valence-corrected chi connectivity index (χ2v) is 6.18. The van der Waals surface area contributed by atoms with Crippen LogP contribution >= 0.6 is 0 Å². The highest BCUT2D eigenvalue weighted by molar-refractivity contribution is 5.88. The summed E-state index contributed by atoms with van der Waals surface area (Å²) in [6, 6.07) is 11.4. The smallest absolute Gasteiger partial charge is 0.318 e. The molecule has 0 aliphatic carbocycles. The highest BCUT2D eigenvalue weighted by atomic mass is 16.5. The number of nitrogens with one attached hydrogen (secondary N) is 2. The van der Waals surface area contributed by atoms with Crippen LogP contribution < -0.4 is 20.3 Å². The fourth-order valence-electron chi connectivity index (χ4n) is 2.95. The molecule has 1 aliphatic rings. The molecule has 25 heavy (non-hydrogen) atoms. The van der Waals surface area contributed by atoms with Crippen molar-refractivity contribution < 1.29 is 9.53 Å². The van der Waals surface area contributed by atoms with E-state index in [4.69, 9.17) is 4.74 Å². The number of anilines is 2. The zero-order valence-electron chi connectivity index (χ0n) is 14.4. The molecule has 6 heteroatoms. The first-order valence-corrected chi connectivity index (χ1v) is 8.61. The molecule has 1 fully saturated rings. The van der Waals surface area contributed by atoms with Gasteiger partial charge in [0.15, 0.2) is 0 Å². The number of amides is 2. The average Bonchev–Trinajstić information content (AvgIpc) is 2.68. The number of ether oxygens (including phenoxy) is 1. The van der Waals surface area contributed by atoms with Gasteiger partial charge in [0.05, 0.1) is 6.61 Å². The first kappa shape index (κ1) is 17.1. The van der Waals surface area contributed by atoms with E-state index in [-0.39, 0.29) is 6.03 Å². The van der Waals surface area contributed by atoms with Crippen LogP contribution in [-0.2, 0) is 0 Å². The number of nitrogens with zero attached hydrogens (tertiary/aromatic N) is 2. The van der Waals surface area contributed by atoms with E-state index in [9.17, 15) is 4.79 Å². The van der Waals surface area contributed by atoms with Crippen molar-refractivity contribution in [3.05, 3.63) is 48.8 Å². The molecular weight excluding hydrogens is 316 g/mol. The van der Waals surface area contributed by atoms with Crippen LogP contribution in [0.2, 0.25) is 0 Å². The molecule has 3 rings (SSSR count). The average molecular weight is 340 g/mol. The molecule has 0 bridgehead atoms. The maximum absolute atomic E-state index is 11.3. The lowest BCUT2D eigenvalue weighted by Gasteiger charge is -2.33. The fraction of sp³-hybridized carbons (Fsp3) is 0.368. The topological polar surface area (TPSA) is 66.5 Å². The van der Waals surface area contributed by atoms with Crippen molar-refractivity contribution in [2.24, 2.45) is 5.92 Å². The van der Waals surface area contributed by atoms with Crippen molar-refractivity contribution in [1.29, 1.82) is 0 Å². The van der Waals surface area contributed by atoms with E-state index in [1.54, 1.807) is 7.05 Å². The maximum Gasteiger partial charge on any atom is 0.318 e. The second kappa shape index (κ2) is 8.37. The minimum absolute atomic E-state index is 0.227. The van der Waals surface area contributed by atoms with Crippen LogP contribution in [0.25, 0.3) is 0 Å². The van der Waals surface area contributed by atoms with Gasteiger partial charge in [0, 0.05) is 43.9 Å². The van der Waals surface area contributed by atoms with E-state index in [1.165, 1.54) is 5.69 Å². The van der Waals surface area contributed by atoms with Gasteiger partial charge in [-0.15, -0.1) is 0 Å². The van der Waals surface area contributed by atoms with E-state index in [0.717, 1.165) is 44.0 Å². The number of benzene rings is 1. The minimum atomic E-state index is -0.227. The number of piperidine rings is 1. The van der Waals surface area contributed by atoms with Crippen molar-refractivity contribution in [3.8, 4) is 5.75 Å². The Morgan fingerprint density at radius 1 is 1.16 bits per heavy atom. The molecule has 0 radical (unpaired) electrons. The summed E-state index contributed by atoms with van der Waals surface area (Å²) >= 11 is 0. The summed E-state index contributed by atoms with van der Waals surface area (Å²) in [6.45, 7) is 2.83. The molecule has 2 heterocycles. The first-order valence-electron chi connectivity index (χ1n) is 8.61. The van der Waals surface area contributed by atoms with E-state index in [2.05, 4.69) is 32.7 Å². The number of hydrogen-bond acceptors (Lipinski definition) is 4. The molecule has 1 saturated heterocycles. The summed E-state index contributed by atoms with van der Waals surface area (Å²) in [5.74, 6) is 1.40. The van der Waals surface area contributed by atoms with Crippen LogP contribution in [0.5, 0.6) is 5.75 Å². The third-order valence-electron chi connectivity index (χ3n) is 4.47. The normalized spacial score (nSPS) is 14.8. The third-order valence-corrected chi connectivity index (χ3v) is 4.47. The Balaban J connectivity index is 1.43.